The highest BCUT2D eigenvalue weighted by Crippen LogP contribution is 2.31. The molecule has 2 aromatic carbocycles. The number of nitrogens with zero attached hydrogens (tertiary/aromatic N) is 1. The fourth-order valence-corrected chi connectivity index (χ4v) is 4.66. The molecule has 0 aliphatic rings. The van der Waals surface area contributed by atoms with Gasteiger partial charge in [-0.15, -0.1) is 11.3 Å². The van der Waals surface area contributed by atoms with Crippen molar-refractivity contribution >= 4 is 32.2 Å². The number of nitrogens with one attached hydrogen (secondary N) is 1. The fourth-order valence-electron chi connectivity index (χ4n) is 2.72. The molecule has 1 aromatic heterocycles. The molecule has 0 spiro atoms. The van der Waals surface area contributed by atoms with E-state index in [1.165, 1.54) is 23.5 Å². The number of aromatic nitrogens is 1. The number of carbonyl (C=O) groups is 1. The normalized spacial score (nSPS) is 11.5. The van der Waals surface area contributed by atoms with Gasteiger partial charge >= 0.3 is 0 Å². The van der Waals surface area contributed by atoms with Crippen LogP contribution in [-0.4, -0.2) is 31.7 Å². The molecular formula is C21H22N2O4S2. The van der Waals surface area contributed by atoms with E-state index in [0.717, 1.165) is 21.9 Å². The van der Waals surface area contributed by atoms with Crippen LogP contribution < -0.4 is 10.1 Å². The molecule has 0 saturated heterocycles. The Morgan fingerprint density at radius 3 is 2.45 bits per heavy atom. The number of rotatable bonds is 6. The molecule has 0 bridgehead atoms. The molecule has 3 rings (SSSR count). The zero-order valence-corrected chi connectivity index (χ0v) is 18.2. The van der Waals surface area contributed by atoms with E-state index < -0.39 is 21.0 Å². The Balaban J connectivity index is 1.83. The Kier molecular flexibility index (Phi) is 6.04. The number of hydrogen-bond donors (Lipinski definition) is 1. The van der Waals surface area contributed by atoms with Gasteiger partial charge in [-0.05, 0) is 63.2 Å². The number of benzene rings is 2. The number of sulfone groups is 1. The number of amides is 1. The minimum Gasteiger partial charge on any atom is -0.497 e. The van der Waals surface area contributed by atoms with Crippen LogP contribution in [0.4, 0.5) is 5.13 Å². The number of anilines is 1. The molecule has 0 radical (unpaired) electrons. The van der Waals surface area contributed by atoms with Gasteiger partial charge in [0, 0.05) is 16.0 Å². The lowest BCUT2D eigenvalue weighted by Gasteiger charge is -2.09. The van der Waals surface area contributed by atoms with E-state index in [9.17, 15) is 13.2 Å². The molecule has 8 heteroatoms. The summed E-state index contributed by atoms with van der Waals surface area (Å²) in [4.78, 5) is 18.3. The van der Waals surface area contributed by atoms with Crippen LogP contribution in [0.5, 0.6) is 5.75 Å². The van der Waals surface area contributed by atoms with Crippen molar-refractivity contribution in [2.75, 3.05) is 12.4 Å². The van der Waals surface area contributed by atoms with Crippen molar-refractivity contribution in [1.82, 2.24) is 4.98 Å². The number of hydrogen-bond acceptors (Lipinski definition) is 6. The minimum absolute atomic E-state index is 0.134. The SMILES string of the molecule is COc1ccc(-c2nc(NC(=O)c3cccc(S(=O)(=O)C(C)C)c3)sc2C)cc1. The Morgan fingerprint density at radius 2 is 1.83 bits per heavy atom. The van der Waals surface area contributed by atoms with Gasteiger partial charge < -0.3 is 4.74 Å². The van der Waals surface area contributed by atoms with Crippen molar-refractivity contribution in [2.45, 2.75) is 30.9 Å². The van der Waals surface area contributed by atoms with E-state index in [1.54, 1.807) is 33.1 Å². The lowest BCUT2D eigenvalue weighted by Crippen LogP contribution is -2.16. The van der Waals surface area contributed by atoms with Gasteiger partial charge in [-0.3, -0.25) is 10.1 Å². The van der Waals surface area contributed by atoms with Gasteiger partial charge in [0.2, 0.25) is 0 Å². The first-order valence-electron chi connectivity index (χ1n) is 8.99. The molecule has 152 valence electrons. The van der Waals surface area contributed by atoms with Crippen molar-refractivity contribution in [3.8, 4) is 17.0 Å². The largest absolute Gasteiger partial charge is 0.497 e. The zero-order chi connectivity index (χ0) is 21.2. The van der Waals surface area contributed by atoms with Gasteiger partial charge in [0.25, 0.3) is 5.91 Å². The molecule has 29 heavy (non-hydrogen) atoms. The predicted octanol–water partition coefficient (Wildman–Crippen LogP) is 4.56. The Hall–Kier alpha value is -2.71. The van der Waals surface area contributed by atoms with Crippen LogP contribution in [0.15, 0.2) is 53.4 Å². The van der Waals surface area contributed by atoms with Crippen LogP contribution in [0.3, 0.4) is 0 Å². The van der Waals surface area contributed by atoms with E-state index in [0.29, 0.717) is 5.13 Å². The number of ether oxygens (including phenoxy) is 1. The molecule has 6 nitrogen and oxygen atoms in total. The average Bonchev–Trinajstić information content (AvgIpc) is 3.08. The molecule has 0 saturated carbocycles. The summed E-state index contributed by atoms with van der Waals surface area (Å²) in [6.07, 6.45) is 0. The van der Waals surface area contributed by atoms with E-state index in [2.05, 4.69) is 10.3 Å². The monoisotopic (exact) mass is 430 g/mol. The maximum atomic E-state index is 12.6. The number of methoxy groups -OCH3 is 1. The second-order valence-electron chi connectivity index (χ2n) is 6.73. The van der Waals surface area contributed by atoms with Gasteiger partial charge in [0.15, 0.2) is 15.0 Å². The van der Waals surface area contributed by atoms with Gasteiger partial charge in [-0.1, -0.05) is 6.07 Å². The van der Waals surface area contributed by atoms with E-state index in [4.69, 9.17) is 4.74 Å². The van der Waals surface area contributed by atoms with Crippen LogP contribution in [0.1, 0.15) is 29.1 Å². The fraction of sp³-hybridized carbons (Fsp3) is 0.238. The maximum Gasteiger partial charge on any atom is 0.257 e. The Bertz CT molecular complexity index is 1130. The third-order valence-corrected chi connectivity index (χ3v) is 7.46. The summed E-state index contributed by atoms with van der Waals surface area (Å²) in [6.45, 7) is 5.16. The molecule has 1 heterocycles. The highest BCUT2D eigenvalue weighted by molar-refractivity contribution is 7.92. The lowest BCUT2D eigenvalue weighted by molar-refractivity contribution is 0.102. The Labute approximate surface area is 174 Å². The predicted molar refractivity (Wildman–Crippen MR) is 116 cm³/mol. The first-order valence-corrected chi connectivity index (χ1v) is 11.4. The minimum atomic E-state index is -3.45. The van der Waals surface area contributed by atoms with Crippen molar-refractivity contribution < 1.29 is 17.9 Å². The summed E-state index contributed by atoms with van der Waals surface area (Å²) in [5.41, 5.74) is 1.97. The van der Waals surface area contributed by atoms with Crippen molar-refractivity contribution in [1.29, 1.82) is 0 Å². The molecule has 0 fully saturated rings. The van der Waals surface area contributed by atoms with Crippen LogP contribution in [0.2, 0.25) is 0 Å². The summed E-state index contributed by atoms with van der Waals surface area (Å²) in [6, 6.07) is 13.6. The maximum absolute atomic E-state index is 12.6. The van der Waals surface area contributed by atoms with Crippen LogP contribution in [0, 0.1) is 6.92 Å². The molecule has 0 atom stereocenters. The topological polar surface area (TPSA) is 85.4 Å². The highest BCUT2D eigenvalue weighted by Gasteiger charge is 2.21. The third kappa shape index (κ3) is 4.49. The van der Waals surface area contributed by atoms with Crippen LogP contribution in [0.25, 0.3) is 11.3 Å². The van der Waals surface area contributed by atoms with Crippen LogP contribution in [-0.2, 0) is 9.84 Å². The third-order valence-electron chi connectivity index (χ3n) is 4.43. The number of carbonyl (C=O) groups excluding carboxylic acids is 1. The summed E-state index contributed by atoms with van der Waals surface area (Å²) in [5.74, 6) is 0.354. The van der Waals surface area contributed by atoms with Crippen molar-refractivity contribution in [3.63, 3.8) is 0 Å². The summed E-state index contributed by atoms with van der Waals surface area (Å²) in [7, 11) is -1.84. The summed E-state index contributed by atoms with van der Waals surface area (Å²) in [5, 5.41) is 2.66. The van der Waals surface area contributed by atoms with Crippen LogP contribution >= 0.6 is 11.3 Å². The zero-order valence-electron chi connectivity index (χ0n) is 16.6. The molecule has 0 aliphatic carbocycles. The molecule has 1 amide bonds. The smallest absolute Gasteiger partial charge is 0.257 e. The van der Waals surface area contributed by atoms with Gasteiger partial charge in [-0.2, -0.15) is 0 Å². The summed E-state index contributed by atoms with van der Waals surface area (Å²) < 4.78 is 29.9. The average molecular weight is 431 g/mol. The highest BCUT2D eigenvalue weighted by atomic mass is 32.2. The molecule has 0 aliphatic heterocycles. The molecule has 1 N–H and O–H groups in total. The molecular weight excluding hydrogens is 408 g/mol. The second-order valence-corrected chi connectivity index (χ2v) is 10.4. The first-order chi connectivity index (χ1) is 13.7. The first kappa shape index (κ1) is 21.0. The lowest BCUT2D eigenvalue weighted by atomic mass is 10.1. The van der Waals surface area contributed by atoms with Crippen molar-refractivity contribution in [2.24, 2.45) is 0 Å². The van der Waals surface area contributed by atoms with Crippen molar-refractivity contribution in [3.05, 3.63) is 59.0 Å². The molecule has 3 aromatic rings. The summed E-state index contributed by atoms with van der Waals surface area (Å²) >= 11 is 1.36. The molecule has 0 unspecified atom stereocenters. The van der Waals surface area contributed by atoms with E-state index in [1.807, 2.05) is 31.2 Å². The van der Waals surface area contributed by atoms with E-state index in [-0.39, 0.29) is 10.5 Å². The number of thiazole rings is 1. The van der Waals surface area contributed by atoms with Gasteiger partial charge in [0.1, 0.15) is 5.75 Å². The Morgan fingerprint density at radius 1 is 1.14 bits per heavy atom. The van der Waals surface area contributed by atoms with Gasteiger partial charge in [0.05, 0.1) is 22.9 Å². The standard InChI is InChI=1S/C21H22N2O4S2/c1-13(2)29(25,26)18-7-5-6-16(12-18)20(24)23-21-22-19(14(3)28-21)15-8-10-17(27-4)11-9-15/h5-13H,1-4H3,(H,22,23,24). The number of aryl methyl sites for hydroxylation is 1. The van der Waals surface area contributed by atoms with E-state index >= 15 is 0 Å². The van der Waals surface area contributed by atoms with Gasteiger partial charge in [-0.25, -0.2) is 13.4 Å². The second kappa shape index (κ2) is 8.34. The quantitative estimate of drug-likeness (QED) is 0.620.